The van der Waals surface area contributed by atoms with Crippen LogP contribution in [0.2, 0.25) is 0 Å². The van der Waals surface area contributed by atoms with Crippen LogP contribution in [0.15, 0.2) is 77.3 Å². The van der Waals surface area contributed by atoms with Gasteiger partial charge in [-0.2, -0.15) is 13.2 Å². The van der Waals surface area contributed by atoms with Gasteiger partial charge in [-0.05, 0) is 48.1 Å². The van der Waals surface area contributed by atoms with Gasteiger partial charge in [0.2, 0.25) is 0 Å². The summed E-state index contributed by atoms with van der Waals surface area (Å²) in [6.45, 7) is 1.58. The summed E-state index contributed by atoms with van der Waals surface area (Å²) < 4.78 is 49.8. The summed E-state index contributed by atoms with van der Waals surface area (Å²) in [5.41, 5.74) is 3.09. The Labute approximate surface area is 234 Å². The van der Waals surface area contributed by atoms with E-state index in [-0.39, 0.29) is 13.0 Å². The first kappa shape index (κ1) is 27.9. The number of hydrogen-bond acceptors (Lipinski definition) is 5. The molecule has 1 N–H and O–H groups in total. The third-order valence-electron chi connectivity index (χ3n) is 7.39. The quantitative estimate of drug-likeness (QED) is 0.242. The zero-order valence-electron chi connectivity index (χ0n) is 22.4. The Morgan fingerprint density at radius 1 is 1.00 bits per heavy atom. The topological polar surface area (TPSA) is 92.9 Å². The Kier molecular flexibility index (Phi) is 7.33. The average Bonchev–Trinajstić information content (AvgIpc) is 3.69. The summed E-state index contributed by atoms with van der Waals surface area (Å²) in [4.78, 5) is 25.7. The molecule has 0 bridgehead atoms. The summed E-state index contributed by atoms with van der Waals surface area (Å²) in [5.74, 6) is -0.434. The van der Waals surface area contributed by atoms with Crippen LogP contribution in [0.4, 0.5) is 23.7 Å². The van der Waals surface area contributed by atoms with Crippen LogP contribution < -0.4 is 4.90 Å². The largest absolute Gasteiger partial charge is 0.481 e. The lowest BCUT2D eigenvalue weighted by Crippen LogP contribution is -2.28. The maximum absolute atomic E-state index is 13.0. The van der Waals surface area contributed by atoms with Crippen LogP contribution in [0.1, 0.15) is 35.2 Å². The monoisotopic (exact) mass is 564 g/mol. The first-order chi connectivity index (χ1) is 19.5. The van der Waals surface area contributed by atoms with E-state index >= 15 is 0 Å². The van der Waals surface area contributed by atoms with Crippen molar-refractivity contribution in [3.63, 3.8) is 0 Å². The second-order valence-electron chi connectivity index (χ2n) is 10.1. The van der Waals surface area contributed by atoms with Gasteiger partial charge in [0.05, 0.1) is 17.6 Å². The second-order valence-corrected chi connectivity index (χ2v) is 10.1. The number of aliphatic carboxylic acids is 1. The van der Waals surface area contributed by atoms with Gasteiger partial charge in [0.25, 0.3) is 0 Å². The number of nitrogens with zero attached hydrogens (tertiary/aromatic N) is 2. The molecule has 0 radical (unpaired) electrons. The molecule has 5 rings (SSSR count). The number of anilines is 1. The lowest BCUT2D eigenvalue weighted by molar-refractivity contribution is -0.140. The Hall–Kier alpha value is -4.60. The molecule has 0 saturated heterocycles. The molecule has 41 heavy (non-hydrogen) atoms. The van der Waals surface area contributed by atoms with E-state index in [4.69, 9.17) is 9.26 Å². The SMILES string of the molecule is Cc1noc(-c2ccc(-c3ccc(C4(C(=O)O)CC4)cc3)cc2)c1N(C)C(=O)OCCc1cccc(C(F)(F)F)c1. The molecule has 0 aliphatic heterocycles. The Bertz CT molecular complexity index is 1570. The van der Waals surface area contributed by atoms with Gasteiger partial charge in [-0.1, -0.05) is 71.9 Å². The Morgan fingerprint density at radius 3 is 2.20 bits per heavy atom. The minimum absolute atomic E-state index is 0.106. The molecular formula is C31H27F3N2O5. The van der Waals surface area contributed by atoms with Gasteiger partial charge in [0, 0.05) is 19.0 Å². The third kappa shape index (κ3) is 5.68. The number of carboxylic acid groups (broad SMARTS) is 1. The van der Waals surface area contributed by atoms with Crippen LogP contribution in [-0.4, -0.2) is 36.0 Å². The molecule has 1 aromatic heterocycles. The summed E-state index contributed by atoms with van der Waals surface area (Å²) >= 11 is 0. The van der Waals surface area contributed by atoms with Crippen molar-refractivity contribution in [1.29, 1.82) is 0 Å². The summed E-state index contributed by atoms with van der Waals surface area (Å²) in [6, 6.07) is 19.9. The highest BCUT2D eigenvalue weighted by atomic mass is 19.4. The molecule has 0 unspecified atom stereocenters. The van der Waals surface area contributed by atoms with Crippen molar-refractivity contribution >= 4 is 17.7 Å². The molecule has 3 aromatic carbocycles. The minimum atomic E-state index is -4.45. The van der Waals surface area contributed by atoms with Crippen molar-refractivity contribution in [2.45, 2.75) is 37.8 Å². The van der Waals surface area contributed by atoms with Crippen LogP contribution in [0.3, 0.4) is 0 Å². The van der Waals surface area contributed by atoms with Gasteiger partial charge >= 0.3 is 18.2 Å². The number of aryl methyl sites for hydroxylation is 1. The number of carboxylic acids is 1. The predicted molar refractivity (Wildman–Crippen MR) is 146 cm³/mol. The van der Waals surface area contributed by atoms with E-state index in [2.05, 4.69) is 5.16 Å². The molecule has 212 valence electrons. The van der Waals surface area contributed by atoms with E-state index < -0.39 is 29.2 Å². The van der Waals surface area contributed by atoms with Crippen LogP contribution in [0.25, 0.3) is 22.5 Å². The van der Waals surface area contributed by atoms with Crippen LogP contribution in [0, 0.1) is 6.92 Å². The Morgan fingerprint density at radius 2 is 1.61 bits per heavy atom. The summed E-state index contributed by atoms with van der Waals surface area (Å²) in [6.07, 6.45) is -3.73. The molecule has 1 aliphatic rings. The lowest BCUT2D eigenvalue weighted by Gasteiger charge is -2.17. The van der Waals surface area contributed by atoms with Crippen molar-refractivity contribution in [2.75, 3.05) is 18.6 Å². The number of amides is 1. The number of rotatable bonds is 8. The van der Waals surface area contributed by atoms with E-state index in [1.807, 2.05) is 48.5 Å². The molecule has 1 aliphatic carbocycles. The van der Waals surface area contributed by atoms with Gasteiger partial charge < -0.3 is 14.4 Å². The normalized spacial score (nSPS) is 14.0. The number of aromatic nitrogens is 1. The van der Waals surface area contributed by atoms with E-state index in [1.165, 1.54) is 18.0 Å². The molecule has 7 nitrogen and oxygen atoms in total. The minimum Gasteiger partial charge on any atom is -0.481 e. The zero-order valence-corrected chi connectivity index (χ0v) is 22.4. The highest BCUT2D eigenvalue weighted by Crippen LogP contribution is 2.48. The fourth-order valence-electron chi connectivity index (χ4n) is 4.84. The van der Waals surface area contributed by atoms with Crippen molar-refractivity contribution < 1.29 is 37.1 Å². The van der Waals surface area contributed by atoms with E-state index in [0.717, 1.165) is 28.8 Å². The fourth-order valence-corrected chi connectivity index (χ4v) is 4.84. The van der Waals surface area contributed by atoms with Crippen molar-refractivity contribution in [1.82, 2.24) is 5.16 Å². The molecule has 4 aromatic rings. The molecule has 0 atom stereocenters. The van der Waals surface area contributed by atoms with Crippen LogP contribution in [0.5, 0.6) is 0 Å². The molecule has 1 saturated carbocycles. The summed E-state index contributed by atoms with van der Waals surface area (Å²) in [5, 5.41) is 13.5. The van der Waals surface area contributed by atoms with Crippen molar-refractivity contribution in [2.24, 2.45) is 0 Å². The second kappa shape index (κ2) is 10.8. The first-order valence-electron chi connectivity index (χ1n) is 13.0. The maximum Gasteiger partial charge on any atom is 0.416 e. The van der Waals surface area contributed by atoms with Crippen LogP contribution >= 0.6 is 0 Å². The van der Waals surface area contributed by atoms with Crippen molar-refractivity contribution in [3.05, 3.63) is 95.2 Å². The number of benzene rings is 3. The first-order valence-corrected chi connectivity index (χ1v) is 13.0. The number of carbonyl (C=O) groups is 2. The lowest BCUT2D eigenvalue weighted by atomic mass is 9.93. The number of carbonyl (C=O) groups excluding carboxylic acids is 1. The number of alkyl halides is 3. The van der Waals surface area contributed by atoms with E-state index in [1.54, 1.807) is 13.0 Å². The van der Waals surface area contributed by atoms with E-state index in [0.29, 0.717) is 41.1 Å². The van der Waals surface area contributed by atoms with Gasteiger partial charge in [0.1, 0.15) is 11.4 Å². The van der Waals surface area contributed by atoms with Gasteiger partial charge in [-0.3, -0.25) is 9.69 Å². The molecule has 1 fully saturated rings. The highest BCUT2D eigenvalue weighted by Gasteiger charge is 2.51. The number of halogens is 3. The summed E-state index contributed by atoms with van der Waals surface area (Å²) in [7, 11) is 1.51. The van der Waals surface area contributed by atoms with Gasteiger partial charge in [0.15, 0.2) is 5.76 Å². The fraction of sp³-hybridized carbons (Fsp3) is 0.258. The third-order valence-corrected chi connectivity index (χ3v) is 7.39. The maximum atomic E-state index is 13.0. The highest BCUT2D eigenvalue weighted by molar-refractivity contribution is 5.93. The molecule has 1 amide bonds. The molecular weight excluding hydrogens is 537 g/mol. The van der Waals surface area contributed by atoms with Crippen LogP contribution in [-0.2, 0) is 27.5 Å². The molecule has 1 heterocycles. The van der Waals surface area contributed by atoms with Gasteiger partial charge in [-0.15, -0.1) is 0 Å². The predicted octanol–water partition coefficient (Wildman–Crippen LogP) is 7.27. The molecule has 10 heteroatoms. The smallest absolute Gasteiger partial charge is 0.416 e. The zero-order chi connectivity index (χ0) is 29.4. The average molecular weight is 565 g/mol. The molecule has 0 spiro atoms. The number of hydrogen-bond donors (Lipinski definition) is 1. The standard InChI is InChI=1S/C31H27F3N2O5/c1-19-26(36(2)29(39)40-17-14-20-4-3-5-25(18-20)31(32,33)34)27(41-35-19)23-8-6-21(7-9-23)22-10-12-24(13-11-22)30(15-16-30)28(37)38/h3-13,18H,14-17H2,1-2H3,(H,37,38). The van der Waals surface area contributed by atoms with E-state index in [9.17, 15) is 27.9 Å². The van der Waals surface area contributed by atoms with Crippen molar-refractivity contribution in [3.8, 4) is 22.5 Å². The number of ether oxygens (including phenoxy) is 1. The van der Waals surface area contributed by atoms with Gasteiger partial charge in [-0.25, -0.2) is 4.79 Å². The Balaban J connectivity index is 1.26.